The Balaban J connectivity index is 0.00000400. The fourth-order valence-electron chi connectivity index (χ4n) is 1.66. The van der Waals surface area contributed by atoms with Gasteiger partial charge in [-0.3, -0.25) is 4.79 Å². The lowest BCUT2D eigenvalue weighted by atomic mass is 10.1. The van der Waals surface area contributed by atoms with E-state index in [1.54, 1.807) is 6.92 Å². The van der Waals surface area contributed by atoms with E-state index in [1.165, 1.54) is 0 Å². The molecule has 0 radical (unpaired) electrons. The smallest absolute Gasteiger partial charge is 0.303 e. The number of rotatable bonds is 9. The van der Waals surface area contributed by atoms with Crippen LogP contribution in [-0.2, 0) is 11.2 Å². The summed E-state index contributed by atoms with van der Waals surface area (Å²) in [6.07, 6.45) is 0.300. The molecule has 21 heavy (non-hydrogen) atoms. The van der Waals surface area contributed by atoms with Gasteiger partial charge in [0.05, 0.1) is 6.10 Å². The second kappa shape index (κ2) is 10.4. The van der Waals surface area contributed by atoms with Crippen molar-refractivity contribution in [1.29, 1.82) is 0 Å². The summed E-state index contributed by atoms with van der Waals surface area (Å²) >= 11 is 0. The summed E-state index contributed by atoms with van der Waals surface area (Å²) in [6.45, 7) is 4.78. The van der Waals surface area contributed by atoms with Crippen LogP contribution in [0.15, 0.2) is 24.3 Å². The lowest BCUT2D eigenvalue weighted by Gasteiger charge is -2.16. The molecule has 0 saturated carbocycles. The highest BCUT2D eigenvalue weighted by Crippen LogP contribution is 2.13. The highest BCUT2D eigenvalue weighted by molar-refractivity contribution is 5.85. The molecule has 0 bridgehead atoms. The Morgan fingerprint density at radius 3 is 2.43 bits per heavy atom. The van der Waals surface area contributed by atoms with Crippen molar-refractivity contribution in [2.45, 2.75) is 38.8 Å². The number of hydrogen-bond acceptors (Lipinski definition) is 4. The monoisotopic (exact) mass is 317 g/mol. The fourth-order valence-corrected chi connectivity index (χ4v) is 1.66. The minimum absolute atomic E-state index is 0. The van der Waals surface area contributed by atoms with Gasteiger partial charge in [0.25, 0.3) is 0 Å². The number of nitrogens with one attached hydrogen (secondary N) is 1. The molecular weight excluding hydrogens is 294 g/mol. The number of aliphatic carboxylic acids is 1. The predicted octanol–water partition coefficient (Wildman–Crippen LogP) is 1.86. The van der Waals surface area contributed by atoms with E-state index >= 15 is 0 Å². The van der Waals surface area contributed by atoms with E-state index < -0.39 is 5.97 Å². The molecule has 0 aliphatic carbocycles. The Kier molecular flexibility index (Phi) is 9.78. The third-order valence-electron chi connectivity index (χ3n) is 2.81. The second-order valence-corrected chi connectivity index (χ2v) is 5.01. The second-order valence-electron chi connectivity index (χ2n) is 5.01. The highest BCUT2D eigenvalue weighted by Gasteiger charge is 2.05. The van der Waals surface area contributed by atoms with Crippen LogP contribution in [0.1, 0.15) is 25.8 Å². The standard InChI is InChI=1S/C15H23NO4.ClH/c1-11(16-9-12(2)17)10-20-14-6-3-13(4-7-14)5-8-15(18)19;/h3-4,6-7,11-12,16-17H,5,8-10H2,1-2H3,(H,18,19);1H. The largest absolute Gasteiger partial charge is 0.492 e. The molecule has 5 nitrogen and oxygen atoms in total. The number of aliphatic hydroxyl groups excluding tert-OH is 1. The zero-order valence-corrected chi connectivity index (χ0v) is 13.2. The van der Waals surface area contributed by atoms with Crippen LogP contribution in [-0.4, -0.2) is 41.5 Å². The van der Waals surface area contributed by atoms with Gasteiger partial charge in [0.1, 0.15) is 12.4 Å². The van der Waals surface area contributed by atoms with Gasteiger partial charge in [-0.15, -0.1) is 12.4 Å². The summed E-state index contributed by atoms with van der Waals surface area (Å²) in [7, 11) is 0. The van der Waals surface area contributed by atoms with E-state index in [2.05, 4.69) is 5.32 Å². The number of ether oxygens (including phenoxy) is 1. The molecule has 0 spiro atoms. The van der Waals surface area contributed by atoms with Crippen LogP contribution in [0.2, 0.25) is 0 Å². The molecule has 2 unspecified atom stereocenters. The van der Waals surface area contributed by atoms with Crippen LogP contribution in [0.3, 0.4) is 0 Å². The first kappa shape index (κ1) is 19.7. The quantitative estimate of drug-likeness (QED) is 0.648. The Morgan fingerprint density at radius 2 is 1.90 bits per heavy atom. The molecule has 1 aromatic rings. The maximum atomic E-state index is 10.5. The van der Waals surface area contributed by atoms with Gasteiger partial charge in [-0.1, -0.05) is 12.1 Å². The number of aryl methyl sites for hydroxylation is 1. The summed E-state index contributed by atoms with van der Waals surface area (Å²) in [5.74, 6) is -0.0295. The molecule has 0 aliphatic rings. The van der Waals surface area contributed by atoms with Crippen LogP contribution in [0, 0.1) is 0 Å². The molecule has 6 heteroatoms. The van der Waals surface area contributed by atoms with Gasteiger partial charge < -0.3 is 20.3 Å². The van der Waals surface area contributed by atoms with Crippen molar-refractivity contribution >= 4 is 18.4 Å². The number of carboxylic acid groups (broad SMARTS) is 1. The zero-order chi connectivity index (χ0) is 15.0. The van der Waals surface area contributed by atoms with E-state index in [0.717, 1.165) is 11.3 Å². The maximum absolute atomic E-state index is 10.5. The Bertz CT molecular complexity index is 409. The van der Waals surface area contributed by atoms with Crippen molar-refractivity contribution < 1.29 is 19.7 Å². The molecule has 0 aromatic heterocycles. The summed E-state index contributed by atoms with van der Waals surface area (Å²) in [5, 5.41) is 20.9. The molecule has 2 atom stereocenters. The van der Waals surface area contributed by atoms with Gasteiger partial charge in [0.15, 0.2) is 0 Å². The van der Waals surface area contributed by atoms with Crippen molar-refractivity contribution in [2.75, 3.05) is 13.2 Å². The topological polar surface area (TPSA) is 78.8 Å². The van der Waals surface area contributed by atoms with Crippen molar-refractivity contribution in [3.05, 3.63) is 29.8 Å². The maximum Gasteiger partial charge on any atom is 0.303 e. The Labute approximate surface area is 131 Å². The number of aliphatic hydroxyl groups is 1. The van der Waals surface area contributed by atoms with Crippen molar-refractivity contribution in [2.24, 2.45) is 0 Å². The normalized spacial score (nSPS) is 13.1. The van der Waals surface area contributed by atoms with E-state index in [0.29, 0.717) is 19.6 Å². The SMILES string of the molecule is CC(O)CNC(C)COc1ccc(CCC(=O)O)cc1.Cl. The minimum atomic E-state index is -0.789. The molecule has 120 valence electrons. The van der Waals surface area contributed by atoms with Crippen LogP contribution < -0.4 is 10.1 Å². The molecule has 1 aromatic carbocycles. The predicted molar refractivity (Wildman–Crippen MR) is 84.3 cm³/mol. The molecule has 0 saturated heterocycles. The number of hydrogen-bond donors (Lipinski definition) is 3. The van der Waals surface area contributed by atoms with Gasteiger partial charge in [0, 0.05) is 19.0 Å². The number of carboxylic acids is 1. The first-order chi connectivity index (χ1) is 9.47. The molecule has 0 heterocycles. The fraction of sp³-hybridized carbons (Fsp3) is 0.533. The Hall–Kier alpha value is -1.30. The van der Waals surface area contributed by atoms with E-state index in [-0.39, 0.29) is 31.0 Å². The molecule has 3 N–H and O–H groups in total. The summed E-state index contributed by atoms with van der Waals surface area (Å²) < 4.78 is 5.62. The van der Waals surface area contributed by atoms with Crippen molar-refractivity contribution in [3.8, 4) is 5.75 Å². The summed E-state index contributed by atoms with van der Waals surface area (Å²) in [6, 6.07) is 7.60. The number of carbonyl (C=O) groups is 1. The molecular formula is C15H24ClNO4. The van der Waals surface area contributed by atoms with E-state index in [1.807, 2.05) is 31.2 Å². The molecule has 0 amide bonds. The van der Waals surface area contributed by atoms with Crippen LogP contribution in [0.25, 0.3) is 0 Å². The van der Waals surface area contributed by atoms with Crippen LogP contribution in [0.5, 0.6) is 5.75 Å². The van der Waals surface area contributed by atoms with E-state index in [4.69, 9.17) is 14.9 Å². The summed E-state index contributed by atoms with van der Waals surface area (Å²) in [5.41, 5.74) is 0.986. The Morgan fingerprint density at radius 1 is 1.29 bits per heavy atom. The number of benzene rings is 1. The van der Waals surface area contributed by atoms with Crippen LogP contribution >= 0.6 is 12.4 Å². The van der Waals surface area contributed by atoms with Gasteiger partial charge in [-0.25, -0.2) is 0 Å². The van der Waals surface area contributed by atoms with E-state index in [9.17, 15) is 4.79 Å². The molecule has 1 rings (SSSR count). The van der Waals surface area contributed by atoms with Gasteiger partial charge >= 0.3 is 5.97 Å². The first-order valence-electron chi connectivity index (χ1n) is 6.82. The average Bonchev–Trinajstić information content (AvgIpc) is 2.41. The van der Waals surface area contributed by atoms with Crippen molar-refractivity contribution in [1.82, 2.24) is 5.32 Å². The third-order valence-corrected chi connectivity index (χ3v) is 2.81. The minimum Gasteiger partial charge on any atom is -0.492 e. The van der Waals surface area contributed by atoms with Gasteiger partial charge in [-0.2, -0.15) is 0 Å². The zero-order valence-electron chi connectivity index (χ0n) is 12.4. The van der Waals surface area contributed by atoms with Crippen LogP contribution in [0.4, 0.5) is 0 Å². The molecule has 0 aliphatic heterocycles. The third kappa shape index (κ3) is 9.28. The lowest BCUT2D eigenvalue weighted by molar-refractivity contribution is -0.136. The van der Waals surface area contributed by atoms with Gasteiger partial charge in [0.2, 0.25) is 0 Å². The highest BCUT2D eigenvalue weighted by atomic mass is 35.5. The number of halogens is 1. The summed E-state index contributed by atoms with van der Waals surface area (Å²) in [4.78, 5) is 10.5. The average molecular weight is 318 g/mol. The first-order valence-corrected chi connectivity index (χ1v) is 6.82. The van der Waals surface area contributed by atoms with Crippen molar-refractivity contribution in [3.63, 3.8) is 0 Å². The molecule has 0 fully saturated rings. The lowest BCUT2D eigenvalue weighted by Crippen LogP contribution is -2.36. The van der Waals surface area contributed by atoms with Gasteiger partial charge in [-0.05, 0) is 38.0 Å².